The Hall–Kier alpha value is -4.43. The minimum atomic E-state index is -1.13. The standard InChI is InChI=1S/C31H33N5O3/c1-31(2,32)30(39)35-27(17-22-18-33-26-11-7-6-10-25(22)26)29(38)36-15-14-20-12-13-24(16-23(20)19-36)34-28(37)21-8-4-3-5-9-21/h3-13,16,18,27,33H,14-15,17,19,32H2,1-2H3,(H,34,37)(H,35,39). The van der Waals surface area contributed by atoms with Gasteiger partial charge in [0.05, 0.1) is 5.54 Å². The lowest BCUT2D eigenvalue weighted by molar-refractivity contribution is -0.138. The van der Waals surface area contributed by atoms with Crippen LogP contribution in [0.3, 0.4) is 0 Å². The van der Waals surface area contributed by atoms with E-state index in [1.807, 2.05) is 66.9 Å². The number of nitrogens with zero attached hydrogens (tertiary/aromatic N) is 1. The summed E-state index contributed by atoms with van der Waals surface area (Å²) in [5.74, 6) is -0.739. The molecule has 200 valence electrons. The molecule has 1 aliphatic heterocycles. The average molecular weight is 524 g/mol. The summed E-state index contributed by atoms with van der Waals surface area (Å²) in [6.45, 7) is 4.17. The minimum absolute atomic E-state index is 0.165. The van der Waals surface area contributed by atoms with Crippen LogP contribution in [0.5, 0.6) is 0 Å². The van der Waals surface area contributed by atoms with Crippen molar-refractivity contribution >= 4 is 34.3 Å². The fourth-order valence-electron chi connectivity index (χ4n) is 4.90. The number of nitrogens with one attached hydrogen (secondary N) is 3. The first kappa shape index (κ1) is 26.2. The number of carbonyl (C=O) groups is 3. The van der Waals surface area contributed by atoms with Gasteiger partial charge in [0.15, 0.2) is 0 Å². The summed E-state index contributed by atoms with van der Waals surface area (Å²) in [6, 6.07) is 22.0. The van der Waals surface area contributed by atoms with Gasteiger partial charge in [0, 0.05) is 47.9 Å². The molecule has 3 amide bonds. The lowest BCUT2D eigenvalue weighted by Gasteiger charge is -2.33. The number of anilines is 1. The monoisotopic (exact) mass is 523 g/mol. The maximum absolute atomic E-state index is 13.9. The molecular formula is C31H33N5O3. The maximum atomic E-state index is 13.9. The van der Waals surface area contributed by atoms with Gasteiger partial charge in [-0.25, -0.2) is 0 Å². The van der Waals surface area contributed by atoms with Crippen molar-refractivity contribution in [3.05, 3.63) is 101 Å². The van der Waals surface area contributed by atoms with Crippen molar-refractivity contribution in [2.45, 2.75) is 44.8 Å². The summed E-state index contributed by atoms with van der Waals surface area (Å²) in [5.41, 5.74) is 10.2. The van der Waals surface area contributed by atoms with Gasteiger partial charge >= 0.3 is 0 Å². The highest BCUT2D eigenvalue weighted by atomic mass is 16.2. The van der Waals surface area contributed by atoms with Crippen molar-refractivity contribution in [1.29, 1.82) is 0 Å². The highest BCUT2D eigenvalue weighted by Gasteiger charge is 2.32. The Morgan fingerprint density at radius 3 is 2.51 bits per heavy atom. The van der Waals surface area contributed by atoms with Crippen molar-refractivity contribution < 1.29 is 14.4 Å². The van der Waals surface area contributed by atoms with Gasteiger partial charge in [-0.15, -0.1) is 0 Å². The lowest BCUT2D eigenvalue weighted by atomic mass is 9.96. The number of carbonyl (C=O) groups excluding carboxylic acids is 3. The fourth-order valence-corrected chi connectivity index (χ4v) is 4.90. The molecule has 0 spiro atoms. The Labute approximate surface area is 227 Å². The van der Waals surface area contributed by atoms with Crippen LogP contribution < -0.4 is 16.4 Å². The third kappa shape index (κ3) is 5.86. The molecule has 0 bridgehead atoms. The third-order valence-electron chi connectivity index (χ3n) is 7.11. The number of hydrogen-bond acceptors (Lipinski definition) is 4. The zero-order chi connectivity index (χ0) is 27.6. The first-order valence-electron chi connectivity index (χ1n) is 13.1. The van der Waals surface area contributed by atoms with Gasteiger partial charge < -0.3 is 26.3 Å². The molecule has 0 radical (unpaired) electrons. The number of para-hydroxylation sites is 1. The zero-order valence-corrected chi connectivity index (χ0v) is 22.2. The van der Waals surface area contributed by atoms with Gasteiger partial charge in [-0.2, -0.15) is 0 Å². The molecule has 8 heteroatoms. The van der Waals surface area contributed by atoms with Crippen LogP contribution in [0.15, 0.2) is 79.0 Å². The van der Waals surface area contributed by atoms with Crippen LogP contribution in [0.1, 0.15) is 40.9 Å². The highest BCUT2D eigenvalue weighted by molar-refractivity contribution is 6.04. The Morgan fingerprint density at radius 1 is 1.00 bits per heavy atom. The highest BCUT2D eigenvalue weighted by Crippen LogP contribution is 2.25. The second kappa shape index (κ2) is 10.7. The molecule has 8 nitrogen and oxygen atoms in total. The molecule has 1 aromatic heterocycles. The summed E-state index contributed by atoms with van der Waals surface area (Å²) >= 11 is 0. The SMILES string of the molecule is CC(C)(N)C(=O)NC(Cc1c[nH]c2ccccc12)C(=O)N1CCc2ccc(NC(=O)c3ccccc3)cc2C1. The van der Waals surface area contributed by atoms with E-state index in [9.17, 15) is 14.4 Å². The normalized spacial score (nSPS) is 14.0. The fraction of sp³-hybridized carbons (Fsp3) is 0.258. The Bertz CT molecular complexity index is 1520. The van der Waals surface area contributed by atoms with E-state index in [0.717, 1.165) is 27.6 Å². The number of aromatic nitrogens is 1. The number of benzene rings is 3. The molecule has 0 saturated heterocycles. The van der Waals surface area contributed by atoms with E-state index in [2.05, 4.69) is 15.6 Å². The molecule has 0 aliphatic carbocycles. The van der Waals surface area contributed by atoms with Crippen LogP contribution in [-0.2, 0) is 29.0 Å². The largest absolute Gasteiger partial charge is 0.361 e. The number of H-pyrrole nitrogens is 1. The van der Waals surface area contributed by atoms with E-state index in [0.29, 0.717) is 37.2 Å². The van der Waals surface area contributed by atoms with Crippen molar-refractivity contribution in [1.82, 2.24) is 15.2 Å². The minimum Gasteiger partial charge on any atom is -0.361 e. The molecule has 1 atom stereocenters. The first-order chi connectivity index (χ1) is 18.7. The number of rotatable bonds is 7. The number of nitrogens with two attached hydrogens (primary N) is 1. The second-order valence-corrected chi connectivity index (χ2v) is 10.6. The van der Waals surface area contributed by atoms with Crippen LogP contribution in [0.2, 0.25) is 0 Å². The smallest absolute Gasteiger partial charge is 0.255 e. The molecule has 4 aromatic rings. The molecule has 1 unspecified atom stereocenters. The molecule has 1 aliphatic rings. The van der Waals surface area contributed by atoms with Crippen LogP contribution in [0.4, 0.5) is 5.69 Å². The molecule has 39 heavy (non-hydrogen) atoms. The molecule has 2 heterocycles. The molecule has 0 saturated carbocycles. The lowest BCUT2D eigenvalue weighted by Crippen LogP contribution is -2.57. The molecule has 5 N–H and O–H groups in total. The Kier molecular flexibility index (Phi) is 7.21. The molecule has 0 fully saturated rings. The quantitative estimate of drug-likeness (QED) is 0.295. The zero-order valence-electron chi connectivity index (χ0n) is 22.2. The average Bonchev–Trinajstić information content (AvgIpc) is 3.34. The molecule has 3 aromatic carbocycles. The number of hydrogen-bond donors (Lipinski definition) is 4. The maximum Gasteiger partial charge on any atom is 0.255 e. The molecule has 5 rings (SSSR count). The number of amides is 3. The van der Waals surface area contributed by atoms with Crippen LogP contribution >= 0.6 is 0 Å². The summed E-state index contributed by atoms with van der Waals surface area (Å²) in [7, 11) is 0. The van der Waals surface area contributed by atoms with E-state index in [4.69, 9.17) is 5.73 Å². The summed E-state index contributed by atoms with van der Waals surface area (Å²) < 4.78 is 0. The van der Waals surface area contributed by atoms with E-state index >= 15 is 0 Å². The van der Waals surface area contributed by atoms with Crippen molar-refractivity contribution in [2.75, 3.05) is 11.9 Å². The summed E-state index contributed by atoms with van der Waals surface area (Å²) in [4.78, 5) is 44.4. The van der Waals surface area contributed by atoms with E-state index in [-0.39, 0.29) is 17.7 Å². The number of fused-ring (bicyclic) bond motifs is 2. The summed E-state index contributed by atoms with van der Waals surface area (Å²) in [5, 5.41) is 6.87. The third-order valence-corrected chi connectivity index (χ3v) is 7.11. The van der Waals surface area contributed by atoms with Crippen LogP contribution in [-0.4, -0.2) is 45.7 Å². The van der Waals surface area contributed by atoms with Gasteiger partial charge in [0.25, 0.3) is 5.91 Å². The predicted molar refractivity (Wildman–Crippen MR) is 152 cm³/mol. The van der Waals surface area contributed by atoms with Crippen molar-refractivity contribution in [3.63, 3.8) is 0 Å². The Morgan fingerprint density at radius 2 is 1.74 bits per heavy atom. The van der Waals surface area contributed by atoms with Gasteiger partial charge in [-0.05, 0) is 67.3 Å². The van der Waals surface area contributed by atoms with Crippen molar-refractivity contribution in [3.8, 4) is 0 Å². The molecular weight excluding hydrogens is 490 g/mol. The predicted octanol–water partition coefficient (Wildman–Crippen LogP) is 3.77. The van der Waals surface area contributed by atoms with Crippen LogP contribution in [0.25, 0.3) is 10.9 Å². The second-order valence-electron chi connectivity index (χ2n) is 10.6. The van der Waals surface area contributed by atoms with E-state index in [1.165, 1.54) is 0 Å². The van der Waals surface area contributed by atoms with Gasteiger partial charge in [-0.3, -0.25) is 14.4 Å². The van der Waals surface area contributed by atoms with Gasteiger partial charge in [-0.1, -0.05) is 42.5 Å². The van der Waals surface area contributed by atoms with Crippen molar-refractivity contribution in [2.24, 2.45) is 5.73 Å². The van der Waals surface area contributed by atoms with Gasteiger partial charge in [0.1, 0.15) is 6.04 Å². The van der Waals surface area contributed by atoms with Gasteiger partial charge in [0.2, 0.25) is 11.8 Å². The van der Waals surface area contributed by atoms with E-state index in [1.54, 1.807) is 30.9 Å². The first-order valence-corrected chi connectivity index (χ1v) is 13.1. The Balaban J connectivity index is 1.36. The van der Waals surface area contributed by atoms with Crippen LogP contribution in [0, 0.1) is 0 Å². The van der Waals surface area contributed by atoms with E-state index < -0.39 is 11.6 Å². The number of aromatic amines is 1. The topological polar surface area (TPSA) is 120 Å². The summed E-state index contributed by atoms with van der Waals surface area (Å²) in [6.07, 6.45) is 2.91.